The zero-order chi connectivity index (χ0) is 27.9. The van der Waals surface area contributed by atoms with E-state index in [2.05, 4.69) is 21.2 Å². The van der Waals surface area contributed by atoms with E-state index in [0.717, 1.165) is 21.7 Å². The molecule has 0 aromatic heterocycles. The van der Waals surface area contributed by atoms with Crippen molar-refractivity contribution in [1.29, 1.82) is 0 Å². The van der Waals surface area contributed by atoms with Crippen LogP contribution in [0.3, 0.4) is 0 Å². The van der Waals surface area contributed by atoms with E-state index in [0.29, 0.717) is 15.2 Å². The Labute approximate surface area is 238 Å². The molecular formula is C28H31BrClN3O4S. The van der Waals surface area contributed by atoms with Gasteiger partial charge in [0, 0.05) is 28.5 Å². The summed E-state index contributed by atoms with van der Waals surface area (Å²) in [6.45, 7) is 3.32. The molecular weight excluding hydrogens is 590 g/mol. The van der Waals surface area contributed by atoms with Crippen LogP contribution in [-0.4, -0.2) is 50.0 Å². The van der Waals surface area contributed by atoms with Crippen molar-refractivity contribution in [3.63, 3.8) is 0 Å². The number of hydrogen-bond acceptors (Lipinski definition) is 4. The molecule has 0 unspecified atom stereocenters. The van der Waals surface area contributed by atoms with Gasteiger partial charge in [-0.15, -0.1) is 0 Å². The fourth-order valence-corrected chi connectivity index (χ4v) is 5.32. The van der Waals surface area contributed by atoms with Gasteiger partial charge in [0.1, 0.15) is 12.6 Å². The van der Waals surface area contributed by atoms with Gasteiger partial charge in [-0.3, -0.25) is 13.9 Å². The lowest BCUT2D eigenvalue weighted by Gasteiger charge is -2.34. The topological polar surface area (TPSA) is 86.8 Å². The van der Waals surface area contributed by atoms with Gasteiger partial charge in [0.2, 0.25) is 21.8 Å². The maximum absolute atomic E-state index is 14.0. The van der Waals surface area contributed by atoms with Crippen molar-refractivity contribution in [1.82, 2.24) is 10.2 Å². The monoisotopic (exact) mass is 619 g/mol. The number of anilines is 1. The predicted octanol–water partition coefficient (Wildman–Crippen LogP) is 5.03. The molecule has 3 rings (SSSR count). The van der Waals surface area contributed by atoms with E-state index < -0.39 is 28.5 Å². The largest absolute Gasteiger partial charge is 0.352 e. The molecule has 3 aromatic carbocycles. The van der Waals surface area contributed by atoms with E-state index in [1.165, 1.54) is 4.90 Å². The van der Waals surface area contributed by atoms with Gasteiger partial charge in [-0.1, -0.05) is 76.1 Å². The van der Waals surface area contributed by atoms with Crippen LogP contribution in [0.4, 0.5) is 5.69 Å². The Balaban J connectivity index is 2.05. The van der Waals surface area contributed by atoms with Gasteiger partial charge in [-0.25, -0.2) is 8.42 Å². The van der Waals surface area contributed by atoms with E-state index in [-0.39, 0.29) is 24.9 Å². The van der Waals surface area contributed by atoms with Gasteiger partial charge in [0.15, 0.2) is 0 Å². The zero-order valence-electron chi connectivity index (χ0n) is 21.5. The van der Waals surface area contributed by atoms with Gasteiger partial charge in [0.25, 0.3) is 0 Å². The highest BCUT2D eigenvalue weighted by atomic mass is 79.9. The maximum Gasteiger partial charge on any atom is 0.244 e. The summed E-state index contributed by atoms with van der Waals surface area (Å²) < 4.78 is 27.3. The molecule has 2 amide bonds. The molecule has 0 saturated carbocycles. The summed E-state index contributed by atoms with van der Waals surface area (Å²) in [7, 11) is -3.82. The standard InChI is InChI=1S/C28H31BrClN3O4S/c1-20(2)31-28(35)26(16-21-8-5-4-6-9-21)32(18-22-12-14-24(30)15-13-22)27(34)19-33(38(3,36)37)25-11-7-10-23(29)17-25/h4-15,17,20,26H,16,18-19H2,1-3H3,(H,31,35)/t26-/m1/s1. The highest BCUT2D eigenvalue weighted by Crippen LogP contribution is 2.24. The third kappa shape index (κ3) is 8.58. The summed E-state index contributed by atoms with van der Waals surface area (Å²) >= 11 is 9.43. The first-order valence-electron chi connectivity index (χ1n) is 12.1. The second kappa shape index (κ2) is 13.3. The minimum atomic E-state index is -3.82. The van der Waals surface area contributed by atoms with Gasteiger partial charge >= 0.3 is 0 Å². The summed E-state index contributed by atoms with van der Waals surface area (Å²) in [6, 6.07) is 22.1. The van der Waals surface area contributed by atoms with Crippen LogP contribution in [0.2, 0.25) is 5.02 Å². The summed E-state index contributed by atoms with van der Waals surface area (Å²) in [5.41, 5.74) is 1.97. The molecule has 0 saturated heterocycles. The van der Waals surface area contributed by atoms with Crippen LogP contribution in [0.15, 0.2) is 83.3 Å². The second-order valence-electron chi connectivity index (χ2n) is 9.27. The normalized spacial score (nSPS) is 12.2. The van der Waals surface area contributed by atoms with Crippen molar-refractivity contribution < 1.29 is 18.0 Å². The molecule has 202 valence electrons. The Bertz CT molecular complexity index is 1350. The van der Waals surface area contributed by atoms with Crippen molar-refractivity contribution >= 4 is 55.1 Å². The number of sulfonamides is 1. The van der Waals surface area contributed by atoms with Crippen LogP contribution in [0.1, 0.15) is 25.0 Å². The van der Waals surface area contributed by atoms with Crippen molar-refractivity contribution in [2.45, 2.75) is 38.9 Å². The molecule has 3 aromatic rings. The molecule has 0 aliphatic heterocycles. The Morgan fingerprint density at radius 2 is 1.61 bits per heavy atom. The molecule has 0 radical (unpaired) electrons. The van der Waals surface area contributed by atoms with E-state index in [9.17, 15) is 18.0 Å². The molecule has 0 bridgehead atoms. The highest BCUT2D eigenvalue weighted by Gasteiger charge is 2.33. The Morgan fingerprint density at radius 1 is 0.947 bits per heavy atom. The van der Waals surface area contributed by atoms with Crippen LogP contribution in [0, 0.1) is 0 Å². The second-order valence-corrected chi connectivity index (χ2v) is 12.5. The molecule has 1 atom stereocenters. The first-order chi connectivity index (χ1) is 17.9. The van der Waals surface area contributed by atoms with Crippen molar-refractivity contribution in [2.75, 3.05) is 17.1 Å². The van der Waals surface area contributed by atoms with E-state index in [1.54, 1.807) is 48.5 Å². The first-order valence-corrected chi connectivity index (χ1v) is 15.1. The molecule has 0 spiro atoms. The number of benzene rings is 3. The van der Waals surface area contributed by atoms with Crippen LogP contribution in [0.5, 0.6) is 0 Å². The average molecular weight is 621 g/mol. The Kier molecular flexibility index (Phi) is 10.4. The maximum atomic E-state index is 14.0. The van der Waals surface area contributed by atoms with E-state index >= 15 is 0 Å². The SMILES string of the molecule is CC(C)NC(=O)[C@@H](Cc1ccccc1)N(Cc1ccc(Cl)cc1)C(=O)CN(c1cccc(Br)c1)S(C)(=O)=O. The molecule has 0 heterocycles. The molecule has 10 heteroatoms. The molecule has 38 heavy (non-hydrogen) atoms. The smallest absolute Gasteiger partial charge is 0.244 e. The van der Waals surface area contributed by atoms with Gasteiger partial charge in [0.05, 0.1) is 11.9 Å². The number of hydrogen-bond donors (Lipinski definition) is 1. The zero-order valence-corrected chi connectivity index (χ0v) is 24.6. The fraction of sp³-hybridized carbons (Fsp3) is 0.286. The van der Waals surface area contributed by atoms with Gasteiger partial charge in [-0.05, 0) is 55.3 Å². The van der Waals surface area contributed by atoms with Crippen molar-refractivity contribution in [3.8, 4) is 0 Å². The summed E-state index contributed by atoms with van der Waals surface area (Å²) in [5.74, 6) is -0.829. The van der Waals surface area contributed by atoms with Crippen LogP contribution < -0.4 is 9.62 Å². The molecule has 0 aliphatic carbocycles. The lowest BCUT2D eigenvalue weighted by Crippen LogP contribution is -2.54. The van der Waals surface area contributed by atoms with Crippen LogP contribution in [-0.2, 0) is 32.6 Å². The lowest BCUT2D eigenvalue weighted by molar-refractivity contribution is -0.140. The number of carbonyl (C=O) groups excluding carboxylic acids is 2. The van der Waals surface area contributed by atoms with Gasteiger partial charge in [-0.2, -0.15) is 0 Å². The molecule has 0 fully saturated rings. The highest BCUT2D eigenvalue weighted by molar-refractivity contribution is 9.10. The Morgan fingerprint density at radius 3 is 2.18 bits per heavy atom. The average Bonchev–Trinajstić information content (AvgIpc) is 2.85. The van der Waals surface area contributed by atoms with Crippen LogP contribution >= 0.6 is 27.5 Å². The summed E-state index contributed by atoms with van der Waals surface area (Å²) in [4.78, 5) is 28.9. The molecule has 1 N–H and O–H groups in total. The quantitative estimate of drug-likeness (QED) is 0.326. The predicted molar refractivity (Wildman–Crippen MR) is 156 cm³/mol. The number of nitrogens with zero attached hydrogens (tertiary/aromatic N) is 2. The third-order valence-electron chi connectivity index (χ3n) is 5.74. The number of halogens is 2. The molecule has 0 aliphatic rings. The van der Waals surface area contributed by atoms with Crippen LogP contribution in [0.25, 0.3) is 0 Å². The minimum Gasteiger partial charge on any atom is -0.352 e. The van der Waals surface area contributed by atoms with Crippen molar-refractivity contribution in [3.05, 3.63) is 99.5 Å². The number of amides is 2. The summed E-state index contributed by atoms with van der Waals surface area (Å²) in [5, 5.41) is 3.47. The first kappa shape index (κ1) is 29.7. The molecule has 7 nitrogen and oxygen atoms in total. The minimum absolute atomic E-state index is 0.0924. The number of carbonyl (C=O) groups is 2. The number of nitrogens with one attached hydrogen (secondary N) is 1. The Hall–Kier alpha value is -2.88. The van der Waals surface area contributed by atoms with Crippen molar-refractivity contribution in [2.24, 2.45) is 0 Å². The lowest BCUT2D eigenvalue weighted by atomic mass is 10.0. The van der Waals surface area contributed by atoms with Gasteiger partial charge < -0.3 is 10.2 Å². The van der Waals surface area contributed by atoms with E-state index in [4.69, 9.17) is 11.6 Å². The fourth-order valence-electron chi connectivity index (χ4n) is 3.97. The third-order valence-corrected chi connectivity index (χ3v) is 7.63. The van der Waals surface area contributed by atoms with E-state index in [1.807, 2.05) is 44.2 Å². The summed E-state index contributed by atoms with van der Waals surface area (Å²) in [6.07, 6.45) is 1.31. The number of rotatable bonds is 11.